The van der Waals surface area contributed by atoms with E-state index in [9.17, 15) is 13.2 Å². The van der Waals surface area contributed by atoms with Crippen molar-refractivity contribution in [3.8, 4) is 5.75 Å². The molecule has 0 spiro atoms. The van der Waals surface area contributed by atoms with E-state index in [-0.39, 0.29) is 10.9 Å². The second-order valence-corrected chi connectivity index (χ2v) is 8.39. The van der Waals surface area contributed by atoms with E-state index in [1.807, 2.05) is 24.3 Å². The summed E-state index contributed by atoms with van der Waals surface area (Å²) in [4.78, 5) is 11.5. The molecule has 0 radical (unpaired) electrons. The van der Waals surface area contributed by atoms with Crippen LogP contribution >= 0.6 is 0 Å². The Morgan fingerprint density at radius 3 is 2.59 bits per heavy atom. The zero-order valence-corrected chi connectivity index (χ0v) is 15.6. The molecule has 1 atom stereocenters. The molecule has 0 bridgehead atoms. The van der Waals surface area contributed by atoms with Gasteiger partial charge in [-0.25, -0.2) is 13.2 Å². The second kappa shape index (κ2) is 6.83. The van der Waals surface area contributed by atoms with E-state index in [4.69, 9.17) is 9.15 Å². The normalized spacial score (nSPS) is 18.0. The Morgan fingerprint density at radius 2 is 1.85 bits per heavy atom. The molecule has 4 rings (SSSR count). The van der Waals surface area contributed by atoms with Gasteiger partial charge in [0.2, 0.25) is 10.0 Å². The van der Waals surface area contributed by atoms with Crippen molar-refractivity contribution in [1.29, 1.82) is 0 Å². The lowest BCUT2D eigenvalue weighted by atomic mass is 10.1. The van der Waals surface area contributed by atoms with E-state index < -0.39 is 15.6 Å². The van der Waals surface area contributed by atoms with Crippen LogP contribution in [0.5, 0.6) is 5.75 Å². The third-order valence-electron chi connectivity index (χ3n) is 4.90. The molecule has 1 aliphatic rings. The van der Waals surface area contributed by atoms with E-state index in [2.05, 4.69) is 0 Å². The fourth-order valence-electron chi connectivity index (χ4n) is 3.53. The molecular formula is C20H19NO5S. The molecular weight excluding hydrogens is 366 g/mol. The minimum absolute atomic E-state index is 0.198. The average molecular weight is 385 g/mol. The molecule has 1 aliphatic heterocycles. The highest BCUT2D eigenvalue weighted by molar-refractivity contribution is 7.89. The van der Waals surface area contributed by atoms with Gasteiger partial charge in [0.1, 0.15) is 11.3 Å². The van der Waals surface area contributed by atoms with Crippen LogP contribution in [0.1, 0.15) is 24.4 Å². The second-order valence-electron chi connectivity index (χ2n) is 6.50. The van der Waals surface area contributed by atoms with E-state index in [0.29, 0.717) is 17.5 Å². The van der Waals surface area contributed by atoms with Crippen LogP contribution in [0.25, 0.3) is 11.0 Å². The van der Waals surface area contributed by atoms with Crippen LogP contribution in [0.15, 0.2) is 68.7 Å². The summed E-state index contributed by atoms with van der Waals surface area (Å²) in [6.07, 6.45) is 1.58. The van der Waals surface area contributed by atoms with Crippen LogP contribution in [-0.4, -0.2) is 26.4 Å². The van der Waals surface area contributed by atoms with E-state index in [1.54, 1.807) is 23.5 Å². The molecule has 2 aromatic carbocycles. The number of hydrogen-bond donors (Lipinski definition) is 0. The van der Waals surface area contributed by atoms with Crippen LogP contribution in [0.2, 0.25) is 0 Å². The van der Waals surface area contributed by atoms with Crippen molar-refractivity contribution in [2.45, 2.75) is 23.8 Å². The zero-order valence-electron chi connectivity index (χ0n) is 14.8. The first-order valence-electron chi connectivity index (χ1n) is 8.69. The highest BCUT2D eigenvalue weighted by Crippen LogP contribution is 2.37. The number of hydrogen-bond acceptors (Lipinski definition) is 5. The summed E-state index contributed by atoms with van der Waals surface area (Å²) in [5, 5.41) is 0.580. The van der Waals surface area contributed by atoms with Gasteiger partial charge in [-0.15, -0.1) is 0 Å². The van der Waals surface area contributed by atoms with Crippen LogP contribution in [0.3, 0.4) is 0 Å². The minimum Gasteiger partial charge on any atom is -0.497 e. The van der Waals surface area contributed by atoms with Crippen LogP contribution < -0.4 is 10.4 Å². The lowest BCUT2D eigenvalue weighted by Crippen LogP contribution is -2.30. The molecule has 140 valence electrons. The lowest BCUT2D eigenvalue weighted by molar-refractivity contribution is 0.394. The smallest absolute Gasteiger partial charge is 0.336 e. The van der Waals surface area contributed by atoms with Gasteiger partial charge in [-0.2, -0.15) is 4.31 Å². The van der Waals surface area contributed by atoms with Crippen molar-refractivity contribution >= 4 is 21.0 Å². The number of nitrogens with zero attached hydrogens (tertiary/aromatic N) is 1. The van der Waals surface area contributed by atoms with Crippen molar-refractivity contribution in [2.24, 2.45) is 0 Å². The standard InChI is InChI=1S/C20H19NO5S/c1-25-16-7-4-14(5-8-16)18-3-2-12-21(18)27(23,24)17-9-10-19-15(13-17)6-11-20(22)26-19/h4-11,13,18H,2-3,12H2,1H3. The van der Waals surface area contributed by atoms with Gasteiger partial charge in [-0.3, -0.25) is 0 Å². The van der Waals surface area contributed by atoms with Gasteiger partial charge in [0, 0.05) is 18.0 Å². The summed E-state index contributed by atoms with van der Waals surface area (Å²) in [6.45, 7) is 0.473. The first-order valence-corrected chi connectivity index (χ1v) is 10.1. The molecule has 1 unspecified atom stereocenters. The summed E-state index contributed by atoms with van der Waals surface area (Å²) in [5.74, 6) is 0.738. The predicted molar refractivity (Wildman–Crippen MR) is 101 cm³/mol. The van der Waals surface area contributed by atoms with Crippen LogP contribution in [-0.2, 0) is 10.0 Å². The molecule has 0 aliphatic carbocycles. The molecule has 27 heavy (non-hydrogen) atoms. The fraction of sp³-hybridized carbons (Fsp3) is 0.250. The maximum absolute atomic E-state index is 13.3. The number of fused-ring (bicyclic) bond motifs is 1. The Labute approximate surface area is 157 Å². The largest absolute Gasteiger partial charge is 0.497 e. The molecule has 7 heteroatoms. The van der Waals surface area contributed by atoms with Crippen LogP contribution in [0.4, 0.5) is 0 Å². The van der Waals surface area contributed by atoms with Crippen molar-refractivity contribution in [3.63, 3.8) is 0 Å². The molecule has 1 fully saturated rings. The monoisotopic (exact) mass is 385 g/mol. The van der Waals surface area contributed by atoms with Crippen molar-refractivity contribution in [3.05, 3.63) is 70.6 Å². The predicted octanol–water partition coefficient (Wildman–Crippen LogP) is 3.33. The molecule has 0 N–H and O–H groups in total. The molecule has 1 saturated heterocycles. The Bertz CT molecular complexity index is 1130. The molecule has 1 aromatic heterocycles. The van der Waals surface area contributed by atoms with Gasteiger partial charge >= 0.3 is 5.63 Å². The van der Waals surface area contributed by atoms with Gasteiger partial charge in [0.05, 0.1) is 18.0 Å². The Kier molecular flexibility index (Phi) is 4.49. The highest BCUT2D eigenvalue weighted by Gasteiger charge is 2.36. The lowest BCUT2D eigenvalue weighted by Gasteiger charge is -2.24. The summed E-state index contributed by atoms with van der Waals surface area (Å²) in [5.41, 5.74) is 0.857. The molecule has 0 saturated carbocycles. The quantitative estimate of drug-likeness (QED) is 0.644. The van der Waals surface area contributed by atoms with E-state index >= 15 is 0 Å². The Morgan fingerprint density at radius 1 is 1.07 bits per heavy atom. The topological polar surface area (TPSA) is 76.8 Å². The third kappa shape index (κ3) is 3.24. The Hall–Kier alpha value is -2.64. The van der Waals surface area contributed by atoms with Crippen molar-refractivity contribution in [1.82, 2.24) is 4.31 Å². The van der Waals surface area contributed by atoms with E-state index in [1.165, 1.54) is 18.2 Å². The molecule has 6 nitrogen and oxygen atoms in total. The van der Waals surface area contributed by atoms with Gasteiger partial charge in [-0.05, 0) is 54.8 Å². The maximum Gasteiger partial charge on any atom is 0.336 e. The number of rotatable bonds is 4. The third-order valence-corrected chi connectivity index (χ3v) is 6.81. The summed E-state index contributed by atoms with van der Waals surface area (Å²) < 4.78 is 38.3. The summed E-state index contributed by atoms with van der Waals surface area (Å²) in [6, 6.07) is 14.7. The van der Waals surface area contributed by atoms with Crippen LogP contribution in [0, 0.1) is 0 Å². The molecule has 0 amide bonds. The maximum atomic E-state index is 13.3. The van der Waals surface area contributed by atoms with Crippen molar-refractivity contribution in [2.75, 3.05) is 13.7 Å². The molecule has 2 heterocycles. The number of ether oxygens (including phenoxy) is 1. The summed E-state index contributed by atoms with van der Waals surface area (Å²) >= 11 is 0. The van der Waals surface area contributed by atoms with Crippen molar-refractivity contribution < 1.29 is 17.6 Å². The number of benzene rings is 2. The first-order chi connectivity index (χ1) is 13.0. The highest BCUT2D eigenvalue weighted by atomic mass is 32.2. The minimum atomic E-state index is -3.67. The summed E-state index contributed by atoms with van der Waals surface area (Å²) in [7, 11) is -2.07. The number of sulfonamides is 1. The van der Waals surface area contributed by atoms with Gasteiger partial charge in [0.25, 0.3) is 0 Å². The van der Waals surface area contributed by atoms with Gasteiger partial charge in [0.15, 0.2) is 0 Å². The average Bonchev–Trinajstić information content (AvgIpc) is 3.18. The molecule has 3 aromatic rings. The van der Waals surface area contributed by atoms with Gasteiger partial charge in [-0.1, -0.05) is 12.1 Å². The number of methoxy groups -OCH3 is 1. The van der Waals surface area contributed by atoms with Gasteiger partial charge < -0.3 is 9.15 Å². The SMILES string of the molecule is COc1ccc(C2CCCN2S(=O)(=O)c2ccc3oc(=O)ccc3c2)cc1. The van der Waals surface area contributed by atoms with E-state index in [0.717, 1.165) is 24.2 Å². The first kappa shape index (κ1) is 17.8. The fourth-order valence-corrected chi connectivity index (χ4v) is 5.25. The zero-order chi connectivity index (χ0) is 19.0. The Balaban J connectivity index is 1.71.